The fourth-order valence-electron chi connectivity index (χ4n) is 1.30. The topological polar surface area (TPSA) is 58.9 Å². The van der Waals surface area contributed by atoms with Crippen molar-refractivity contribution in [2.45, 2.75) is 39.5 Å². The van der Waals surface area contributed by atoms with E-state index < -0.39 is 0 Å². The highest BCUT2D eigenvalue weighted by Gasteiger charge is 2.28. The Labute approximate surface area is 79.2 Å². The number of hydrogen-bond donors (Lipinski definition) is 1. The van der Waals surface area contributed by atoms with E-state index in [2.05, 4.69) is 17.1 Å². The van der Waals surface area contributed by atoms with Gasteiger partial charge in [-0.25, -0.2) is 0 Å². The number of unbranched alkanes of at least 4 members (excludes halogenated alkanes) is 1. The molecule has 0 rings (SSSR count). The van der Waals surface area contributed by atoms with E-state index in [1.165, 1.54) is 0 Å². The minimum absolute atomic E-state index is 0.0546. The Morgan fingerprint density at radius 1 is 1.46 bits per heavy atom. The average Bonchev–Trinajstić information content (AvgIpc) is 2.20. The van der Waals surface area contributed by atoms with Crippen molar-refractivity contribution in [3.8, 4) is 0 Å². The van der Waals surface area contributed by atoms with Crippen LogP contribution in [0.15, 0.2) is 5.34 Å². The van der Waals surface area contributed by atoms with E-state index in [1.807, 2.05) is 6.92 Å². The van der Waals surface area contributed by atoms with Crippen LogP contribution in [-0.2, 0) is 4.84 Å². The summed E-state index contributed by atoms with van der Waals surface area (Å²) in [5, 5.41) is 11.6. The van der Waals surface area contributed by atoms with Crippen LogP contribution in [0.2, 0.25) is 0 Å². The lowest BCUT2D eigenvalue weighted by Gasteiger charge is -2.28. The summed E-state index contributed by atoms with van der Waals surface area (Å²) < 4.78 is 0. The molecule has 0 aliphatic carbocycles. The number of nitrogens with zero attached hydrogens (tertiary/aromatic N) is 1. The Balaban J connectivity index is 4.04. The highest BCUT2D eigenvalue weighted by atomic mass is 16.7. The second kappa shape index (κ2) is 6.83. The summed E-state index contributed by atoms with van der Waals surface area (Å²) in [4.78, 5) is 14.3. The molecule has 1 atom stereocenters. The van der Waals surface area contributed by atoms with Gasteiger partial charge in [0.15, 0.2) is 5.34 Å². The van der Waals surface area contributed by atoms with Crippen molar-refractivity contribution in [2.24, 2.45) is 10.8 Å². The zero-order valence-corrected chi connectivity index (χ0v) is 8.45. The normalized spacial score (nSPS) is 15.0. The van der Waals surface area contributed by atoms with Crippen molar-refractivity contribution < 1.29 is 9.94 Å². The van der Waals surface area contributed by atoms with Crippen molar-refractivity contribution in [1.82, 2.24) is 0 Å². The molecule has 0 aliphatic heterocycles. The van der Waals surface area contributed by atoms with Gasteiger partial charge in [-0.05, 0) is 12.8 Å². The molecular weight excluding hydrogens is 170 g/mol. The van der Waals surface area contributed by atoms with Gasteiger partial charge in [-0.2, -0.15) is 0 Å². The molecule has 0 heterocycles. The lowest BCUT2D eigenvalue weighted by molar-refractivity contribution is -0.00266. The third-order valence-corrected chi connectivity index (χ3v) is 2.57. The predicted octanol–water partition coefficient (Wildman–Crippen LogP) is 2.26. The van der Waals surface area contributed by atoms with Crippen molar-refractivity contribution in [3.05, 3.63) is 4.91 Å². The molecule has 4 heteroatoms. The molecule has 78 valence electrons. The van der Waals surface area contributed by atoms with Crippen molar-refractivity contribution in [1.29, 1.82) is 0 Å². The summed E-state index contributed by atoms with van der Waals surface area (Å²) in [5.74, 6) is 0. The van der Waals surface area contributed by atoms with Crippen LogP contribution in [0.25, 0.3) is 0 Å². The number of rotatable bonds is 8. The summed E-state index contributed by atoms with van der Waals surface area (Å²) >= 11 is 0. The molecule has 0 saturated carbocycles. The molecule has 0 fully saturated rings. The van der Waals surface area contributed by atoms with Crippen LogP contribution in [0.5, 0.6) is 0 Å². The first-order valence-corrected chi connectivity index (χ1v) is 4.80. The van der Waals surface area contributed by atoms with Crippen molar-refractivity contribution in [3.63, 3.8) is 0 Å². The summed E-state index contributed by atoms with van der Waals surface area (Å²) in [6, 6.07) is 0. The second-order valence-electron chi connectivity index (χ2n) is 3.46. The first kappa shape index (κ1) is 12.4. The predicted molar refractivity (Wildman–Crippen MR) is 51.1 cm³/mol. The lowest BCUT2D eigenvalue weighted by Crippen LogP contribution is -2.29. The zero-order valence-electron chi connectivity index (χ0n) is 8.45. The smallest absolute Gasteiger partial charge is 0.155 e. The van der Waals surface area contributed by atoms with Crippen LogP contribution in [0, 0.1) is 10.3 Å². The van der Waals surface area contributed by atoms with E-state index in [0.29, 0.717) is 0 Å². The Morgan fingerprint density at radius 3 is 2.54 bits per heavy atom. The molecule has 0 aliphatic rings. The summed E-state index contributed by atoms with van der Waals surface area (Å²) in [6.45, 7) is 4.36. The molecule has 0 spiro atoms. The Hall–Kier alpha value is -0.640. The molecule has 0 radical (unpaired) electrons. The Bertz CT molecular complexity index is 135. The van der Waals surface area contributed by atoms with E-state index >= 15 is 0 Å². The highest BCUT2D eigenvalue weighted by molar-refractivity contribution is 4.76. The van der Waals surface area contributed by atoms with Gasteiger partial charge in [0.25, 0.3) is 0 Å². The molecule has 0 bridgehead atoms. The SMILES string of the molecule is CCCCC(CC)(CO)CON=O. The van der Waals surface area contributed by atoms with Gasteiger partial charge in [-0.3, -0.25) is 0 Å². The van der Waals surface area contributed by atoms with Gasteiger partial charge in [-0.1, -0.05) is 26.7 Å². The molecule has 0 aromatic carbocycles. The standard InChI is InChI=1S/C9H19NO3/c1-3-5-6-9(4-2,7-11)8-13-10-12/h11H,3-8H2,1-2H3. The fraction of sp³-hybridized carbons (Fsp3) is 1.00. The number of aliphatic hydroxyl groups is 1. The average molecular weight is 189 g/mol. The molecule has 0 aromatic heterocycles. The zero-order chi connectivity index (χ0) is 10.2. The molecule has 0 saturated heterocycles. The monoisotopic (exact) mass is 189 g/mol. The fourth-order valence-corrected chi connectivity index (χ4v) is 1.30. The summed E-state index contributed by atoms with van der Waals surface area (Å²) in [6.07, 6.45) is 3.80. The van der Waals surface area contributed by atoms with Crippen LogP contribution >= 0.6 is 0 Å². The second-order valence-corrected chi connectivity index (χ2v) is 3.46. The minimum atomic E-state index is -0.274. The number of hydrogen-bond acceptors (Lipinski definition) is 4. The van der Waals surface area contributed by atoms with Crippen LogP contribution in [0.3, 0.4) is 0 Å². The van der Waals surface area contributed by atoms with Gasteiger partial charge in [0.1, 0.15) is 6.61 Å². The maximum atomic E-state index is 9.80. The van der Waals surface area contributed by atoms with Crippen molar-refractivity contribution >= 4 is 0 Å². The van der Waals surface area contributed by atoms with Gasteiger partial charge in [0, 0.05) is 5.41 Å². The maximum Gasteiger partial charge on any atom is 0.155 e. The third-order valence-electron chi connectivity index (χ3n) is 2.57. The van der Waals surface area contributed by atoms with E-state index in [-0.39, 0.29) is 18.6 Å². The van der Waals surface area contributed by atoms with Crippen LogP contribution in [0.1, 0.15) is 39.5 Å². The van der Waals surface area contributed by atoms with Crippen LogP contribution < -0.4 is 0 Å². The minimum Gasteiger partial charge on any atom is -0.396 e. The largest absolute Gasteiger partial charge is 0.396 e. The van der Waals surface area contributed by atoms with E-state index in [1.54, 1.807) is 0 Å². The molecule has 0 aromatic rings. The van der Waals surface area contributed by atoms with Gasteiger partial charge < -0.3 is 9.94 Å². The van der Waals surface area contributed by atoms with E-state index in [0.717, 1.165) is 25.7 Å². The molecule has 4 nitrogen and oxygen atoms in total. The molecular formula is C9H19NO3. The molecule has 0 amide bonds. The van der Waals surface area contributed by atoms with Gasteiger partial charge in [0.2, 0.25) is 0 Å². The van der Waals surface area contributed by atoms with Gasteiger partial charge >= 0.3 is 0 Å². The quantitative estimate of drug-likeness (QED) is 0.470. The Morgan fingerprint density at radius 2 is 2.15 bits per heavy atom. The summed E-state index contributed by atoms with van der Waals surface area (Å²) in [5.41, 5.74) is -0.274. The van der Waals surface area contributed by atoms with E-state index in [9.17, 15) is 10.0 Å². The lowest BCUT2D eigenvalue weighted by atomic mass is 9.82. The van der Waals surface area contributed by atoms with Gasteiger partial charge in [0.05, 0.1) is 6.61 Å². The number of aliphatic hydroxyl groups excluding tert-OH is 1. The van der Waals surface area contributed by atoms with E-state index in [4.69, 9.17) is 0 Å². The molecule has 1 unspecified atom stereocenters. The Kier molecular flexibility index (Phi) is 6.49. The highest BCUT2D eigenvalue weighted by Crippen LogP contribution is 2.28. The summed E-state index contributed by atoms with van der Waals surface area (Å²) in [7, 11) is 0. The maximum absolute atomic E-state index is 9.80. The van der Waals surface area contributed by atoms with Gasteiger partial charge in [-0.15, -0.1) is 4.91 Å². The first-order chi connectivity index (χ1) is 6.24. The third kappa shape index (κ3) is 4.22. The van der Waals surface area contributed by atoms with Crippen LogP contribution in [-0.4, -0.2) is 18.3 Å². The van der Waals surface area contributed by atoms with Crippen molar-refractivity contribution in [2.75, 3.05) is 13.2 Å². The van der Waals surface area contributed by atoms with Crippen LogP contribution in [0.4, 0.5) is 0 Å². The first-order valence-electron chi connectivity index (χ1n) is 4.80. The molecule has 13 heavy (non-hydrogen) atoms. The molecule has 1 N–H and O–H groups in total.